The summed E-state index contributed by atoms with van der Waals surface area (Å²) in [5.74, 6) is -0.236. The molecule has 4 nitrogen and oxygen atoms in total. The van der Waals surface area contributed by atoms with Crippen LogP contribution in [0.4, 0.5) is 15.8 Å². The van der Waals surface area contributed by atoms with E-state index in [4.69, 9.17) is 23.2 Å². The molecule has 0 bridgehead atoms. The molecule has 1 heterocycles. The summed E-state index contributed by atoms with van der Waals surface area (Å²) in [4.78, 5) is 12.1. The third kappa shape index (κ3) is 3.74. The van der Waals surface area contributed by atoms with Crippen molar-refractivity contribution in [2.45, 2.75) is 20.4 Å². The minimum atomic E-state index is -0.515. The fraction of sp³-hybridized carbons (Fsp3) is 0.286. The Morgan fingerprint density at radius 2 is 2.10 bits per heavy atom. The highest BCUT2D eigenvalue weighted by molar-refractivity contribution is 6.33. The van der Waals surface area contributed by atoms with Crippen LogP contribution in [0.1, 0.15) is 13.8 Å². The lowest BCUT2D eigenvalue weighted by molar-refractivity contribution is 0.464. The van der Waals surface area contributed by atoms with Gasteiger partial charge in [-0.2, -0.15) is 5.10 Å². The van der Waals surface area contributed by atoms with Gasteiger partial charge in [-0.25, -0.2) is 9.07 Å². The predicted molar refractivity (Wildman–Crippen MR) is 83.0 cm³/mol. The first-order valence-corrected chi connectivity index (χ1v) is 7.11. The molecule has 2 rings (SSSR count). The van der Waals surface area contributed by atoms with E-state index in [0.29, 0.717) is 17.9 Å². The topological polar surface area (TPSA) is 46.9 Å². The molecule has 1 aromatic carbocycles. The van der Waals surface area contributed by atoms with Crippen LogP contribution in [-0.4, -0.2) is 9.78 Å². The fourth-order valence-corrected chi connectivity index (χ4v) is 2.13. The Kier molecular flexibility index (Phi) is 4.85. The van der Waals surface area contributed by atoms with Crippen molar-refractivity contribution >= 4 is 34.6 Å². The molecule has 0 aliphatic heterocycles. The summed E-state index contributed by atoms with van der Waals surface area (Å²) in [6.07, 6.45) is 1.46. The molecule has 0 saturated heterocycles. The van der Waals surface area contributed by atoms with Gasteiger partial charge in [0.15, 0.2) is 0 Å². The minimum Gasteiger partial charge on any atom is -0.353 e. The Hall–Kier alpha value is -1.59. The number of rotatable bonds is 4. The highest BCUT2D eigenvalue weighted by Crippen LogP contribution is 2.25. The van der Waals surface area contributed by atoms with E-state index >= 15 is 0 Å². The van der Waals surface area contributed by atoms with E-state index in [1.54, 1.807) is 0 Å². The van der Waals surface area contributed by atoms with Crippen LogP contribution in [0.15, 0.2) is 29.2 Å². The number of nitrogens with zero attached hydrogens (tertiary/aromatic N) is 2. The molecule has 1 N–H and O–H groups in total. The Morgan fingerprint density at radius 1 is 1.38 bits per heavy atom. The molecular formula is C14H14Cl2FN3O. The van der Waals surface area contributed by atoms with Crippen molar-refractivity contribution in [3.05, 3.63) is 50.6 Å². The zero-order valence-corrected chi connectivity index (χ0v) is 13.0. The van der Waals surface area contributed by atoms with Gasteiger partial charge in [-0.1, -0.05) is 37.0 Å². The molecule has 0 radical (unpaired) electrons. The van der Waals surface area contributed by atoms with Crippen molar-refractivity contribution in [2.24, 2.45) is 5.92 Å². The Bertz CT molecular complexity index is 716. The molecule has 0 fully saturated rings. The van der Waals surface area contributed by atoms with Gasteiger partial charge < -0.3 is 5.32 Å². The highest BCUT2D eigenvalue weighted by atomic mass is 35.5. The third-order valence-electron chi connectivity index (χ3n) is 2.72. The van der Waals surface area contributed by atoms with E-state index in [-0.39, 0.29) is 21.5 Å². The first-order valence-electron chi connectivity index (χ1n) is 6.36. The van der Waals surface area contributed by atoms with E-state index < -0.39 is 5.82 Å². The fourth-order valence-electron chi connectivity index (χ4n) is 1.76. The number of aromatic nitrogens is 2. The van der Waals surface area contributed by atoms with Crippen LogP contribution in [0, 0.1) is 11.7 Å². The summed E-state index contributed by atoms with van der Waals surface area (Å²) in [6.45, 7) is 4.45. The van der Waals surface area contributed by atoms with Crippen molar-refractivity contribution in [1.29, 1.82) is 0 Å². The molecule has 2 aromatic rings. The monoisotopic (exact) mass is 329 g/mol. The van der Waals surface area contributed by atoms with Crippen LogP contribution in [0.2, 0.25) is 10.0 Å². The zero-order chi connectivity index (χ0) is 15.6. The minimum absolute atomic E-state index is 0.0165. The third-order valence-corrected chi connectivity index (χ3v) is 3.38. The van der Waals surface area contributed by atoms with Gasteiger partial charge in [-0.15, -0.1) is 0 Å². The smallest absolute Gasteiger partial charge is 0.287 e. The molecular weight excluding hydrogens is 316 g/mol. The second kappa shape index (κ2) is 6.45. The second-order valence-corrected chi connectivity index (χ2v) is 5.79. The molecule has 0 aliphatic carbocycles. The Labute approximate surface area is 131 Å². The number of anilines is 2. The van der Waals surface area contributed by atoms with E-state index in [9.17, 15) is 9.18 Å². The van der Waals surface area contributed by atoms with Gasteiger partial charge in [0.25, 0.3) is 5.56 Å². The number of halogens is 3. The van der Waals surface area contributed by atoms with Crippen LogP contribution < -0.4 is 10.9 Å². The molecule has 7 heteroatoms. The van der Waals surface area contributed by atoms with E-state index in [1.807, 2.05) is 13.8 Å². The van der Waals surface area contributed by atoms with Gasteiger partial charge >= 0.3 is 0 Å². The molecule has 112 valence electrons. The molecule has 0 aliphatic rings. The van der Waals surface area contributed by atoms with Gasteiger partial charge in [0.05, 0.1) is 16.9 Å². The number of nitrogens with one attached hydrogen (secondary N) is 1. The molecule has 1 aromatic heterocycles. The van der Waals surface area contributed by atoms with Gasteiger partial charge in [0.1, 0.15) is 10.8 Å². The maximum Gasteiger partial charge on any atom is 0.287 e. The van der Waals surface area contributed by atoms with E-state index in [1.165, 1.54) is 29.1 Å². The average molecular weight is 330 g/mol. The Morgan fingerprint density at radius 3 is 2.71 bits per heavy atom. The first-order chi connectivity index (χ1) is 9.88. The largest absolute Gasteiger partial charge is 0.353 e. The maximum absolute atomic E-state index is 13.1. The van der Waals surface area contributed by atoms with Crippen LogP contribution in [-0.2, 0) is 6.54 Å². The number of benzene rings is 1. The summed E-state index contributed by atoms with van der Waals surface area (Å²) in [5, 5.41) is 6.99. The Balaban J connectivity index is 2.31. The molecule has 0 saturated carbocycles. The molecule has 0 amide bonds. The molecule has 21 heavy (non-hydrogen) atoms. The summed E-state index contributed by atoms with van der Waals surface area (Å²) >= 11 is 11.8. The SMILES string of the molecule is CC(C)Cn1ncc(Nc2ccc(F)c(Cl)c2)c(Cl)c1=O. The van der Waals surface area contributed by atoms with Crippen molar-refractivity contribution in [3.8, 4) is 0 Å². The van der Waals surface area contributed by atoms with Crippen molar-refractivity contribution in [3.63, 3.8) is 0 Å². The normalized spacial score (nSPS) is 11.0. The summed E-state index contributed by atoms with van der Waals surface area (Å²) in [7, 11) is 0. The molecule has 0 unspecified atom stereocenters. The predicted octanol–water partition coefficient (Wildman–Crippen LogP) is 4.09. The molecule has 0 atom stereocenters. The lowest BCUT2D eigenvalue weighted by Crippen LogP contribution is -2.25. The van der Waals surface area contributed by atoms with Gasteiger partial charge in [-0.3, -0.25) is 4.79 Å². The second-order valence-electron chi connectivity index (χ2n) is 5.01. The van der Waals surface area contributed by atoms with Crippen molar-refractivity contribution in [2.75, 3.05) is 5.32 Å². The van der Waals surface area contributed by atoms with Crippen LogP contribution >= 0.6 is 23.2 Å². The standard InChI is InChI=1S/C14H14Cl2FN3O/c1-8(2)7-20-14(21)13(16)12(6-18-20)19-9-3-4-11(17)10(15)5-9/h3-6,8,19H,7H2,1-2H3. The zero-order valence-electron chi connectivity index (χ0n) is 11.5. The van der Waals surface area contributed by atoms with Crippen LogP contribution in [0.5, 0.6) is 0 Å². The summed E-state index contributed by atoms with van der Waals surface area (Å²) in [6, 6.07) is 4.13. The number of hydrogen-bond donors (Lipinski definition) is 1. The number of hydrogen-bond acceptors (Lipinski definition) is 3. The van der Waals surface area contributed by atoms with E-state index in [0.717, 1.165) is 0 Å². The summed E-state index contributed by atoms with van der Waals surface area (Å²) < 4.78 is 14.4. The van der Waals surface area contributed by atoms with Gasteiger partial charge in [-0.05, 0) is 24.1 Å². The quantitative estimate of drug-likeness (QED) is 0.918. The van der Waals surface area contributed by atoms with Crippen molar-refractivity contribution < 1.29 is 4.39 Å². The average Bonchev–Trinajstić information content (AvgIpc) is 2.42. The van der Waals surface area contributed by atoms with Crippen LogP contribution in [0.3, 0.4) is 0 Å². The lowest BCUT2D eigenvalue weighted by atomic mass is 10.2. The van der Waals surface area contributed by atoms with Crippen molar-refractivity contribution in [1.82, 2.24) is 9.78 Å². The van der Waals surface area contributed by atoms with E-state index in [2.05, 4.69) is 10.4 Å². The molecule has 0 spiro atoms. The van der Waals surface area contributed by atoms with Gasteiger partial charge in [0.2, 0.25) is 0 Å². The van der Waals surface area contributed by atoms with Crippen LogP contribution in [0.25, 0.3) is 0 Å². The maximum atomic E-state index is 13.1. The van der Waals surface area contributed by atoms with Gasteiger partial charge in [0, 0.05) is 12.2 Å². The lowest BCUT2D eigenvalue weighted by Gasteiger charge is -2.11. The summed E-state index contributed by atoms with van der Waals surface area (Å²) in [5.41, 5.74) is 0.499. The first kappa shape index (κ1) is 15.8. The highest BCUT2D eigenvalue weighted by Gasteiger charge is 2.11.